The molecule has 0 radical (unpaired) electrons. The Labute approximate surface area is 173 Å². The van der Waals surface area contributed by atoms with Crippen molar-refractivity contribution < 1.29 is 14.4 Å². The summed E-state index contributed by atoms with van der Waals surface area (Å²) in [4.78, 5) is 38.4. The highest BCUT2D eigenvalue weighted by Crippen LogP contribution is 2.30. The second-order valence-electron chi connectivity index (χ2n) is 7.39. The number of amides is 4. The highest BCUT2D eigenvalue weighted by Gasteiger charge is 2.38. The lowest BCUT2D eigenvalue weighted by atomic mass is 9.85. The van der Waals surface area contributed by atoms with Gasteiger partial charge in [0.15, 0.2) is 0 Å². The lowest BCUT2D eigenvalue weighted by molar-refractivity contribution is -0.141. The Morgan fingerprint density at radius 2 is 1.64 bits per heavy atom. The van der Waals surface area contributed by atoms with E-state index in [1.54, 1.807) is 23.1 Å². The number of primary amides is 1. The Morgan fingerprint density at radius 1 is 1.00 bits per heavy atom. The third-order valence-electron chi connectivity index (χ3n) is 5.39. The van der Waals surface area contributed by atoms with Crippen molar-refractivity contribution in [2.24, 2.45) is 11.7 Å². The number of likely N-dealkylation sites (tertiary alicyclic amines) is 1. The maximum atomic E-state index is 13.0. The van der Waals surface area contributed by atoms with Gasteiger partial charge < -0.3 is 21.3 Å². The molecule has 0 bridgehead atoms. The van der Waals surface area contributed by atoms with E-state index in [0.717, 1.165) is 6.42 Å². The minimum atomic E-state index is -0.535. The average molecular weight is 427 g/mol. The molecule has 7 nitrogen and oxygen atoms in total. The van der Waals surface area contributed by atoms with Gasteiger partial charge in [-0.05, 0) is 56.7 Å². The number of hydrogen-bond acceptors (Lipinski definition) is 3. The molecule has 1 aliphatic heterocycles. The van der Waals surface area contributed by atoms with E-state index in [9.17, 15) is 14.4 Å². The van der Waals surface area contributed by atoms with Crippen molar-refractivity contribution in [2.45, 2.75) is 50.6 Å². The van der Waals surface area contributed by atoms with Gasteiger partial charge in [0.05, 0.1) is 0 Å². The molecule has 1 atom stereocenters. The first kappa shape index (κ1) is 20.7. The summed E-state index contributed by atoms with van der Waals surface area (Å²) in [6.45, 7) is 0.576. The Bertz CT molecular complexity index is 745. The van der Waals surface area contributed by atoms with Gasteiger partial charge in [0, 0.05) is 34.2 Å². The van der Waals surface area contributed by atoms with Crippen LogP contribution in [-0.2, 0) is 9.59 Å². The maximum absolute atomic E-state index is 13.0. The Morgan fingerprint density at radius 3 is 2.25 bits per heavy atom. The summed E-state index contributed by atoms with van der Waals surface area (Å²) in [7, 11) is 0. The Kier molecular flexibility index (Phi) is 6.67. The molecule has 4 amide bonds. The number of carbonyl (C=O) groups excluding carboxylic acids is 3. The predicted octanol–water partition coefficient (Wildman–Crippen LogP) is 3.15. The number of anilines is 1. The molecule has 1 heterocycles. The zero-order valence-electron chi connectivity index (χ0n) is 15.4. The molecule has 1 aliphatic carbocycles. The first-order valence-corrected chi connectivity index (χ1v) is 10.2. The number of rotatable bonds is 4. The Hall–Kier alpha value is -1.99. The topological polar surface area (TPSA) is 105 Å². The monoisotopic (exact) mass is 426 g/mol. The van der Waals surface area contributed by atoms with Gasteiger partial charge in [-0.25, -0.2) is 4.79 Å². The number of hydrogen-bond donors (Lipinski definition) is 3. The van der Waals surface area contributed by atoms with Crippen LogP contribution >= 0.6 is 23.2 Å². The van der Waals surface area contributed by atoms with E-state index in [4.69, 9.17) is 28.9 Å². The number of nitrogens with two attached hydrogens (primary N) is 1. The van der Waals surface area contributed by atoms with Gasteiger partial charge in [0.2, 0.25) is 11.8 Å². The van der Waals surface area contributed by atoms with Crippen LogP contribution in [0.15, 0.2) is 18.2 Å². The molecule has 4 N–H and O–H groups in total. The van der Waals surface area contributed by atoms with E-state index in [0.29, 0.717) is 54.4 Å². The smallest absolute Gasteiger partial charge is 0.312 e. The second kappa shape index (κ2) is 9.01. The van der Waals surface area contributed by atoms with Crippen LogP contribution in [0.25, 0.3) is 0 Å². The number of nitrogens with zero attached hydrogens (tertiary/aromatic N) is 1. The summed E-state index contributed by atoms with van der Waals surface area (Å²) >= 11 is 12.0. The fraction of sp³-hybridized carbons (Fsp3) is 0.526. The fourth-order valence-electron chi connectivity index (χ4n) is 4.08. The molecular weight excluding hydrogens is 403 g/mol. The first-order chi connectivity index (χ1) is 13.3. The normalized spacial score (nSPS) is 24.6. The number of carbonyl (C=O) groups is 3. The van der Waals surface area contributed by atoms with Crippen molar-refractivity contribution in [3.63, 3.8) is 0 Å². The molecule has 1 saturated carbocycles. The number of benzene rings is 1. The number of urea groups is 1. The van der Waals surface area contributed by atoms with Crippen molar-refractivity contribution in [3.8, 4) is 0 Å². The molecule has 28 heavy (non-hydrogen) atoms. The lowest BCUT2D eigenvalue weighted by Gasteiger charge is -2.32. The lowest BCUT2D eigenvalue weighted by Crippen LogP contribution is -2.47. The van der Waals surface area contributed by atoms with Gasteiger partial charge in [-0.1, -0.05) is 23.2 Å². The molecule has 152 valence electrons. The van der Waals surface area contributed by atoms with Crippen LogP contribution in [0.1, 0.15) is 38.5 Å². The van der Waals surface area contributed by atoms with Gasteiger partial charge >= 0.3 is 6.03 Å². The zero-order valence-corrected chi connectivity index (χ0v) is 16.9. The second-order valence-corrected chi connectivity index (χ2v) is 8.27. The minimum absolute atomic E-state index is 0.0132. The molecular formula is C19H24Cl2N4O3. The van der Waals surface area contributed by atoms with E-state index < -0.39 is 12.1 Å². The third-order valence-corrected chi connectivity index (χ3v) is 5.83. The van der Waals surface area contributed by atoms with Crippen molar-refractivity contribution in [1.29, 1.82) is 0 Å². The van der Waals surface area contributed by atoms with Crippen LogP contribution in [-0.4, -0.2) is 41.4 Å². The van der Waals surface area contributed by atoms with Crippen molar-refractivity contribution >= 4 is 46.7 Å². The van der Waals surface area contributed by atoms with Crippen molar-refractivity contribution in [3.05, 3.63) is 28.2 Å². The summed E-state index contributed by atoms with van der Waals surface area (Å²) in [5, 5.41) is 6.39. The van der Waals surface area contributed by atoms with Crippen LogP contribution < -0.4 is 16.4 Å². The highest BCUT2D eigenvalue weighted by atomic mass is 35.5. The van der Waals surface area contributed by atoms with E-state index in [2.05, 4.69) is 10.6 Å². The zero-order chi connectivity index (χ0) is 20.3. The molecule has 9 heteroatoms. The fourth-order valence-corrected chi connectivity index (χ4v) is 4.60. The van der Waals surface area contributed by atoms with E-state index >= 15 is 0 Å². The van der Waals surface area contributed by atoms with E-state index in [1.807, 2.05) is 0 Å². The molecule has 1 aromatic rings. The molecule has 1 aromatic carbocycles. The summed E-state index contributed by atoms with van der Waals surface area (Å²) in [6, 6.07) is 3.83. The number of halogens is 2. The van der Waals surface area contributed by atoms with Crippen molar-refractivity contribution in [1.82, 2.24) is 10.2 Å². The molecule has 2 aliphatic rings. The first-order valence-electron chi connectivity index (χ1n) is 9.47. The molecule has 0 spiro atoms. The SMILES string of the molecule is NC(=O)NC1CCC(C(=O)N2CCC[C@H]2C(=O)Nc2cc(Cl)cc(Cl)c2)CC1. The van der Waals surface area contributed by atoms with Crippen molar-refractivity contribution in [2.75, 3.05) is 11.9 Å². The molecule has 3 rings (SSSR count). The molecule has 1 saturated heterocycles. The van der Waals surface area contributed by atoms with Crippen LogP contribution in [0.2, 0.25) is 10.0 Å². The minimum Gasteiger partial charge on any atom is -0.352 e. The summed E-state index contributed by atoms with van der Waals surface area (Å²) in [5.41, 5.74) is 5.68. The van der Waals surface area contributed by atoms with Crippen LogP contribution in [0, 0.1) is 5.92 Å². The summed E-state index contributed by atoms with van der Waals surface area (Å²) < 4.78 is 0. The molecule has 2 fully saturated rings. The van der Waals surface area contributed by atoms with Crippen LogP contribution in [0.3, 0.4) is 0 Å². The predicted molar refractivity (Wildman–Crippen MR) is 108 cm³/mol. The van der Waals surface area contributed by atoms with Crippen LogP contribution in [0.5, 0.6) is 0 Å². The van der Waals surface area contributed by atoms with Gasteiger partial charge in [-0.2, -0.15) is 0 Å². The standard InChI is InChI=1S/C19H24Cl2N4O3/c20-12-8-13(21)10-15(9-12)23-17(26)16-2-1-7-25(16)18(27)11-3-5-14(6-4-11)24-19(22)28/h8-11,14,16H,1-7H2,(H,23,26)(H3,22,24,28)/t11?,14?,16-/m0/s1. The maximum Gasteiger partial charge on any atom is 0.312 e. The van der Waals surface area contributed by atoms with Gasteiger partial charge in [-0.3, -0.25) is 9.59 Å². The van der Waals surface area contributed by atoms with Gasteiger partial charge in [0.1, 0.15) is 6.04 Å². The van der Waals surface area contributed by atoms with Crippen LogP contribution in [0.4, 0.5) is 10.5 Å². The largest absolute Gasteiger partial charge is 0.352 e. The summed E-state index contributed by atoms with van der Waals surface area (Å²) in [6.07, 6.45) is 4.20. The average Bonchev–Trinajstić information content (AvgIpc) is 3.10. The van der Waals surface area contributed by atoms with Gasteiger partial charge in [-0.15, -0.1) is 0 Å². The van der Waals surface area contributed by atoms with E-state index in [-0.39, 0.29) is 23.8 Å². The quantitative estimate of drug-likeness (QED) is 0.688. The molecule has 0 aromatic heterocycles. The Balaban J connectivity index is 1.60. The third kappa shape index (κ3) is 5.08. The highest BCUT2D eigenvalue weighted by molar-refractivity contribution is 6.35. The van der Waals surface area contributed by atoms with Gasteiger partial charge in [0.25, 0.3) is 0 Å². The summed E-state index contributed by atoms with van der Waals surface area (Å²) in [5.74, 6) is -0.340. The number of nitrogens with one attached hydrogen (secondary N) is 2. The molecule has 0 unspecified atom stereocenters. The van der Waals surface area contributed by atoms with E-state index in [1.165, 1.54) is 0 Å².